The number of alkyl halides is 2. The first-order valence-corrected chi connectivity index (χ1v) is 4.93. The average Bonchev–Trinajstić information content (AvgIpc) is 2.26. The van der Waals surface area contributed by atoms with Crippen molar-refractivity contribution in [2.24, 2.45) is 0 Å². The van der Waals surface area contributed by atoms with Gasteiger partial charge in [0.15, 0.2) is 11.5 Å². The minimum absolute atomic E-state index is 0.0345. The van der Waals surface area contributed by atoms with Gasteiger partial charge in [0, 0.05) is 6.04 Å². The number of nitrogens with one attached hydrogen (secondary N) is 1. The Labute approximate surface area is 93.0 Å². The van der Waals surface area contributed by atoms with E-state index < -0.39 is 6.43 Å². The third-order valence-corrected chi connectivity index (χ3v) is 2.28. The Kier molecular flexibility index (Phi) is 4.49. The lowest BCUT2D eigenvalue weighted by molar-refractivity contribution is 0.142. The quantitative estimate of drug-likeness (QED) is 0.817. The molecule has 2 N–H and O–H groups in total. The van der Waals surface area contributed by atoms with Crippen LogP contribution in [0.4, 0.5) is 8.78 Å². The van der Waals surface area contributed by atoms with Gasteiger partial charge in [0.05, 0.1) is 13.7 Å². The first-order valence-electron chi connectivity index (χ1n) is 4.93. The highest BCUT2D eigenvalue weighted by atomic mass is 19.3. The van der Waals surface area contributed by atoms with Crippen LogP contribution in [0.5, 0.6) is 11.5 Å². The second-order valence-corrected chi connectivity index (χ2v) is 3.45. The summed E-state index contributed by atoms with van der Waals surface area (Å²) < 4.78 is 28.9. The molecule has 0 aliphatic heterocycles. The van der Waals surface area contributed by atoms with Gasteiger partial charge in [0.1, 0.15) is 0 Å². The number of phenols is 1. The summed E-state index contributed by atoms with van der Waals surface area (Å²) >= 11 is 0. The van der Waals surface area contributed by atoms with Crippen LogP contribution in [0, 0.1) is 0 Å². The van der Waals surface area contributed by atoms with Crippen molar-refractivity contribution in [1.29, 1.82) is 0 Å². The number of hydrogen-bond donors (Lipinski definition) is 2. The van der Waals surface area contributed by atoms with Gasteiger partial charge < -0.3 is 15.2 Å². The molecule has 1 aromatic rings. The number of rotatable bonds is 5. The minimum Gasteiger partial charge on any atom is -0.504 e. The molecular weight excluding hydrogens is 216 g/mol. The zero-order chi connectivity index (χ0) is 12.1. The van der Waals surface area contributed by atoms with Crippen LogP contribution in [0.15, 0.2) is 18.2 Å². The van der Waals surface area contributed by atoms with Crippen molar-refractivity contribution in [1.82, 2.24) is 5.32 Å². The van der Waals surface area contributed by atoms with Gasteiger partial charge in [-0.15, -0.1) is 0 Å². The van der Waals surface area contributed by atoms with Crippen molar-refractivity contribution in [3.63, 3.8) is 0 Å². The Morgan fingerprint density at radius 3 is 2.69 bits per heavy atom. The molecule has 0 saturated carbocycles. The van der Waals surface area contributed by atoms with Crippen molar-refractivity contribution < 1.29 is 18.6 Å². The fourth-order valence-electron chi connectivity index (χ4n) is 1.35. The van der Waals surface area contributed by atoms with E-state index in [1.807, 2.05) is 0 Å². The van der Waals surface area contributed by atoms with Crippen LogP contribution >= 0.6 is 0 Å². The van der Waals surface area contributed by atoms with E-state index in [1.165, 1.54) is 13.2 Å². The molecule has 0 spiro atoms. The van der Waals surface area contributed by atoms with Gasteiger partial charge >= 0.3 is 0 Å². The molecule has 1 atom stereocenters. The van der Waals surface area contributed by atoms with Crippen LogP contribution in [0.1, 0.15) is 18.5 Å². The topological polar surface area (TPSA) is 41.5 Å². The van der Waals surface area contributed by atoms with Gasteiger partial charge in [0.2, 0.25) is 0 Å². The zero-order valence-corrected chi connectivity index (χ0v) is 9.21. The summed E-state index contributed by atoms with van der Waals surface area (Å²) in [6.07, 6.45) is -2.37. The van der Waals surface area contributed by atoms with E-state index in [-0.39, 0.29) is 18.3 Å². The third kappa shape index (κ3) is 3.34. The van der Waals surface area contributed by atoms with Crippen molar-refractivity contribution in [2.45, 2.75) is 19.4 Å². The summed E-state index contributed by atoms with van der Waals surface area (Å²) in [6.45, 7) is 1.42. The van der Waals surface area contributed by atoms with Crippen molar-refractivity contribution in [3.8, 4) is 11.5 Å². The molecular formula is C11H15F2NO2. The Bertz CT molecular complexity index is 345. The first kappa shape index (κ1) is 12.7. The van der Waals surface area contributed by atoms with Crippen molar-refractivity contribution in [2.75, 3.05) is 13.7 Å². The molecule has 0 heterocycles. The number of methoxy groups -OCH3 is 1. The second kappa shape index (κ2) is 5.65. The van der Waals surface area contributed by atoms with E-state index >= 15 is 0 Å². The largest absolute Gasteiger partial charge is 0.504 e. The van der Waals surface area contributed by atoms with Crippen LogP contribution in [0.3, 0.4) is 0 Å². The fourth-order valence-corrected chi connectivity index (χ4v) is 1.35. The fraction of sp³-hybridized carbons (Fsp3) is 0.455. The Morgan fingerprint density at radius 2 is 2.12 bits per heavy atom. The van der Waals surface area contributed by atoms with Crippen LogP contribution in [0.25, 0.3) is 0 Å². The molecule has 1 rings (SSSR count). The highest BCUT2D eigenvalue weighted by Gasteiger charge is 2.10. The number of phenolic OH excluding ortho intramolecular Hbond substituents is 1. The van der Waals surface area contributed by atoms with Crippen LogP contribution < -0.4 is 10.1 Å². The van der Waals surface area contributed by atoms with E-state index in [9.17, 15) is 13.9 Å². The zero-order valence-electron chi connectivity index (χ0n) is 9.21. The van der Waals surface area contributed by atoms with E-state index in [2.05, 4.69) is 5.32 Å². The molecule has 0 aliphatic carbocycles. The maximum Gasteiger partial charge on any atom is 0.250 e. The summed E-state index contributed by atoms with van der Waals surface area (Å²) in [4.78, 5) is 0. The highest BCUT2D eigenvalue weighted by Crippen LogP contribution is 2.28. The SMILES string of the molecule is COc1cc(C(C)NCC(F)F)ccc1O. The van der Waals surface area contributed by atoms with Crippen molar-refractivity contribution in [3.05, 3.63) is 23.8 Å². The number of halogens is 2. The normalized spacial score (nSPS) is 12.8. The van der Waals surface area contributed by atoms with Crippen LogP contribution in [-0.4, -0.2) is 25.2 Å². The van der Waals surface area contributed by atoms with Gasteiger partial charge in [-0.3, -0.25) is 0 Å². The maximum absolute atomic E-state index is 12.0. The highest BCUT2D eigenvalue weighted by molar-refractivity contribution is 5.42. The maximum atomic E-state index is 12.0. The standard InChI is InChI=1S/C11H15F2NO2/c1-7(14-6-11(12)13)8-3-4-9(15)10(5-8)16-2/h3-5,7,11,14-15H,6H2,1-2H3. The summed E-state index contributed by atoms with van der Waals surface area (Å²) in [5.74, 6) is 0.371. The van der Waals surface area contributed by atoms with Crippen LogP contribution in [-0.2, 0) is 0 Å². The molecule has 0 radical (unpaired) electrons. The molecule has 0 bridgehead atoms. The molecule has 5 heteroatoms. The number of aromatic hydroxyl groups is 1. The minimum atomic E-state index is -2.37. The first-order chi connectivity index (χ1) is 7.54. The van der Waals surface area contributed by atoms with Gasteiger partial charge in [0.25, 0.3) is 6.43 Å². The molecule has 16 heavy (non-hydrogen) atoms. The van der Waals surface area contributed by atoms with E-state index in [4.69, 9.17) is 4.74 Å². The molecule has 90 valence electrons. The number of hydrogen-bond acceptors (Lipinski definition) is 3. The predicted octanol–water partition coefficient (Wildman–Crippen LogP) is 2.32. The van der Waals surface area contributed by atoms with Gasteiger partial charge in [-0.05, 0) is 24.6 Å². The summed E-state index contributed by atoms with van der Waals surface area (Å²) in [5.41, 5.74) is 0.787. The van der Waals surface area contributed by atoms with Crippen molar-refractivity contribution >= 4 is 0 Å². The Hall–Kier alpha value is -1.36. The monoisotopic (exact) mass is 231 g/mol. The predicted molar refractivity (Wildman–Crippen MR) is 57.1 cm³/mol. The lowest BCUT2D eigenvalue weighted by Crippen LogP contribution is -2.24. The van der Waals surface area contributed by atoms with E-state index in [1.54, 1.807) is 19.1 Å². The van der Waals surface area contributed by atoms with Crippen LogP contribution in [0.2, 0.25) is 0 Å². The van der Waals surface area contributed by atoms with Gasteiger partial charge in [-0.2, -0.15) is 0 Å². The molecule has 1 unspecified atom stereocenters. The summed E-state index contributed by atoms with van der Waals surface area (Å²) in [7, 11) is 1.44. The molecule has 0 saturated heterocycles. The molecule has 3 nitrogen and oxygen atoms in total. The summed E-state index contributed by atoms with van der Waals surface area (Å²) in [6, 6.07) is 4.55. The smallest absolute Gasteiger partial charge is 0.250 e. The second-order valence-electron chi connectivity index (χ2n) is 3.45. The molecule has 0 fully saturated rings. The third-order valence-electron chi connectivity index (χ3n) is 2.28. The molecule has 0 amide bonds. The van der Waals surface area contributed by atoms with E-state index in [0.717, 1.165) is 5.56 Å². The lowest BCUT2D eigenvalue weighted by atomic mass is 10.1. The summed E-state index contributed by atoms with van der Waals surface area (Å²) in [5, 5.41) is 12.1. The molecule has 0 aromatic heterocycles. The number of ether oxygens (including phenoxy) is 1. The molecule has 1 aromatic carbocycles. The average molecular weight is 231 g/mol. The van der Waals surface area contributed by atoms with E-state index in [0.29, 0.717) is 5.75 Å². The molecule has 0 aliphatic rings. The lowest BCUT2D eigenvalue weighted by Gasteiger charge is -2.15. The van der Waals surface area contributed by atoms with Gasteiger partial charge in [-0.25, -0.2) is 8.78 Å². The Morgan fingerprint density at radius 1 is 1.44 bits per heavy atom. The number of benzene rings is 1. The van der Waals surface area contributed by atoms with Gasteiger partial charge in [-0.1, -0.05) is 6.07 Å². The Balaban J connectivity index is 2.72.